The molecule has 0 saturated heterocycles. The molecule has 0 saturated carbocycles. The Hall–Kier alpha value is -1.97. The van der Waals surface area contributed by atoms with Crippen molar-refractivity contribution in [3.8, 4) is 5.75 Å². The Kier molecular flexibility index (Phi) is 4.32. The van der Waals surface area contributed by atoms with Gasteiger partial charge in [0.15, 0.2) is 11.3 Å². The molecule has 1 amide bonds. The number of para-hydroxylation sites is 1. The van der Waals surface area contributed by atoms with Gasteiger partial charge in [-0.3, -0.25) is 4.79 Å². The quantitative estimate of drug-likeness (QED) is 0.906. The zero-order valence-electron chi connectivity index (χ0n) is 12.4. The summed E-state index contributed by atoms with van der Waals surface area (Å²) in [7, 11) is 1.62. The van der Waals surface area contributed by atoms with E-state index in [1.807, 2.05) is 45.0 Å². The minimum absolute atomic E-state index is 0.0105. The number of fused-ring (bicyclic) bond motifs is 1. The summed E-state index contributed by atoms with van der Waals surface area (Å²) in [5, 5.41) is 3.95. The topological polar surface area (TPSA) is 51.5 Å². The Morgan fingerprint density at radius 3 is 2.80 bits per heavy atom. The number of furan rings is 1. The van der Waals surface area contributed by atoms with Crippen molar-refractivity contribution in [2.75, 3.05) is 7.11 Å². The second-order valence-electron chi connectivity index (χ2n) is 5.07. The van der Waals surface area contributed by atoms with Crippen LogP contribution in [0.15, 0.2) is 28.7 Å². The molecule has 2 aromatic rings. The second-order valence-corrected chi connectivity index (χ2v) is 5.07. The Labute approximate surface area is 119 Å². The number of carbonyl (C=O) groups is 1. The van der Waals surface area contributed by atoms with Crippen LogP contribution in [-0.2, 0) is 4.79 Å². The van der Waals surface area contributed by atoms with Crippen molar-refractivity contribution < 1.29 is 13.9 Å². The molecular weight excluding hydrogens is 254 g/mol. The first-order chi connectivity index (χ1) is 9.56. The van der Waals surface area contributed by atoms with Crippen LogP contribution in [0.25, 0.3) is 11.0 Å². The van der Waals surface area contributed by atoms with Crippen LogP contribution < -0.4 is 10.1 Å². The maximum Gasteiger partial charge on any atom is 0.223 e. The lowest BCUT2D eigenvalue weighted by Crippen LogP contribution is -2.31. The predicted octanol–water partition coefficient (Wildman–Crippen LogP) is 3.66. The summed E-state index contributed by atoms with van der Waals surface area (Å²) < 4.78 is 11.1. The molecule has 4 heteroatoms. The molecule has 0 aliphatic carbocycles. The number of ether oxygens (including phenoxy) is 1. The van der Waals surface area contributed by atoms with E-state index in [1.54, 1.807) is 7.11 Å². The molecule has 0 aliphatic rings. The first-order valence-corrected chi connectivity index (χ1v) is 6.93. The van der Waals surface area contributed by atoms with Crippen LogP contribution >= 0.6 is 0 Å². The fraction of sp³-hybridized carbons (Fsp3) is 0.438. The maximum atomic E-state index is 11.9. The predicted molar refractivity (Wildman–Crippen MR) is 78.8 cm³/mol. The number of methoxy groups -OCH3 is 1. The fourth-order valence-electron chi connectivity index (χ4n) is 2.04. The van der Waals surface area contributed by atoms with E-state index in [2.05, 4.69) is 5.32 Å². The van der Waals surface area contributed by atoms with E-state index in [0.717, 1.165) is 23.2 Å². The lowest BCUT2D eigenvalue weighted by Gasteiger charge is -2.14. The molecule has 20 heavy (non-hydrogen) atoms. The SMILES string of the molecule is CC[C@H](C)C(=O)N[C@H](C)c1cc2cccc(OC)c2o1. The zero-order chi connectivity index (χ0) is 14.7. The van der Waals surface area contributed by atoms with Crippen LogP contribution in [0.3, 0.4) is 0 Å². The van der Waals surface area contributed by atoms with E-state index in [4.69, 9.17) is 9.15 Å². The Balaban J connectivity index is 2.22. The van der Waals surface area contributed by atoms with Gasteiger partial charge in [0.05, 0.1) is 13.2 Å². The molecular formula is C16H21NO3. The molecule has 0 radical (unpaired) electrons. The third-order valence-corrected chi connectivity index (χ3v) is 3.59. The molecule has 2 rings (SSSR count). The number of benzene rings is 1. The molecule has 2 atom stereocenters. The standard InChI is InChI=1S/C16H21NO3/c1-5-10(2)16(18)17-11(3)14-9-12-7-6-8-13(19-4)15(12)20-14/h6-11H,5H2,1-4H3,(H,17,18)/t10-,11+/m0/s1. The number of nitrogens with one attached hydrogen (secondary N) is 1. The first kappa shape index (κ1) is 14.4. The van der Waals surface area contributed by atoms with E-state index in [0.29, 0.717) is 5.75 Å². The Morgan fingerprint density at radius 2 is 2.15 bits per heavy atom. The third-order valence-electron chi connectivity index (χ3n) is 3.59. The highest BCUT2D eigenvalue weighted by Crippen LogP contribution is 2.30. The van der Waals surface area contributed by atoms with E-state index >= 15 is 0 Å². The van der Waals surface area contributed by atoms with Gasteiger partial charge in [0, 0.05) is 11.3 Å². The van der Waals surface area contributed by atoms with Crippen LogP contribution in [0.1, 0.15) is 39.0 Å². The third kappa shape index (κ3) is 2.79. The van der Waals surface area contributed by atoms with Crippen molar-refractivity contribution in [1.29, 1.82) is 0 Å². The maximum absolute atomic E-state index is 11.9. The van der Waals surface area contributed by atoms with Crippen LogP contribution in [0.5, 0.6) is 5.75 Å². The van der Waals surface area contributed by atoms with Crippen molar-refractivity contribution in [2.24, 2.45) is 5.92 Å². The summed E-state index contributed by atoms with van der Waals surface area (Å²) in [6.07, 6.45) is 0.826. The van der Waals surface area contributed by atoms with Gasteiger partial charge in [0.1, 0.15) is 5.76 Å². The summed E-state index contributed by atoms with van der Waals surface area (Å²) in [6, 6.07) is 7.53. The van der Waals surface area contributed by atoms with Crippen LogP contribution in [-0.4, -0.2) is 13.0 Å². The first-order valence-electron chi connectivity index (χ1n) is 6.93. The van der Waals surface area contributed by atoms with Gasteiger partial charge in [0.2, 0.25) is 5.91 Å². The summed E-state index contributed by atoms with van der Waals surface area (Å²) in [5.41, 5.74) is 0.717. The summed E-state index contributed by atoms with van der Waals surface area (Å²) in [6.45, 7) is 5.84. The van der Waals surface area contributed by atoms with E-state index in [9.17, 15) is 4.79 Å². The molecule has 1 aromatic carbocycles. The molecule has 0 spiro atoms. The zero-order valence-corrected chi connectivity index (χ0v) is 12.4. The van der Waals surface area contributed by atoms with Crippen LogP contribution in [0.4, 0.5) is 0 Å². The molecule has 0 aliphatic heterocycles. The summed E-state index contributed by atoms with van der Waals surface area (Å²) >= 11 is 0. The van der Waals surface area contributed by atoms with Crippen molar-refractivity contribution >= 4 is 16.9 Å². The van der Waals surface area contributed by atoms with Crippen molar-refractivity contribution in [3.05, 3.63) is 30.0 Å². The smallest absolute Gasteiger partial charge is 0.223 e. The molecule has 0 unspecified atom stereocenters. The van der Waals surface area contributed by atoms with E-state index < -0.39 is 0 Å². The Bertz CT molecular complexity index is 603. The van der Waals surface area contributed by atoms with E-state index in [1.165, 1.54) is 0 Å². The largest absolute Gasteiger partial charge is 0.493 e. The van der Waals surface area contributed by atoms with Crippen molar-refractivity contribution in [2.45, 2.75) is 33.2 Å². The van der Waals surface area contributed by atoms with Gasteiger partial charge in [-0.25, -0.2) is 0 Å². The Morgan fingerprint density at radius 1 is 1.40 bits per heavy atom. The van der Waals surface area contributed by atoms with Crippen molar-refractivity contribution in [1.82, 2.24) is 5.32 Å². The van der Waals surface area contributed by atoms with E-state index in [-0.39, 0.29) is 17.9 Å². The summed E-state index contributed by atoms with van der Waals surface area (Å²) in [4.78, 5) is 11.9. The van der Waals surface area contributed by atoms with Gasteiger partial charge in [0.25, 0.3) is 0 Å². The van der Waals surface area contributed by atoms with Gasteiger partial charge in [-0.2, -0.15) is 0 Å². The number of hydrogen-bond donors (Lipinski definition) is 1. The average Bonchev–Trinajstić information content (AvgIpc) is 2.90. The molecule has 4 nitrogen and oxygen atoms in total. The number of carbonyl (C=O) groups excluding carboxylic acids is 1. The number of hydrogen-bond acceptors (Lipinski definition) is 3. The van der Waals surface area contributed by atoms with Crippen molar-refractivity contribution in [3.63, 3.8) is 0 Å². The number of amides is 1. The fourth-order valence-corrected chi connectivity index (χ4v) is 2.04. The molecule has 1 heterocycles. The molecule has 108 valence electrons. The summed E-state index contributed by atoms with van der Waals surface area (Å²) in [5.74, 6) is 1.50. The van der Waals surface area contributed by atoms with Gasteiger partial charge >= 0.3 is 0 Å². The van der Waals surface area contributed by atoms with Crippen LogP contribution in [0, 0.1) is 5.92 Å². The molecule has 1 N–H and O–H groups in total. The lowest BCUT2D eigenvalue weighted by molar-refractivity contribution is -0.125. The van der Waals surface area contributed by atoms with Crippen LogP contribution in [0.2, 0.25) is 0 Å². The highest BCUT2D eigenvalue weighted by atomic mass is 16.5. The van der Waals surface area contributed by atoms with Gasteiger partial charge in [-0.1, -0.05) is 26.0 Å². The monoisotopic (exact) mass is 275 g/mol. The van der Waals surface area contributed by atoms with Gasteiger partial charge in [-0.05, 0) is 25.5 Å². The average molecular weight is 275 g/mol. The highest BCUT2D eigenvalue weighted by molar-refractivity contribution is 5.84. The lowest BCUT2D eigenvalue weighted by atomic mass is 10.1. The minimum atomic E-state index is -0.159. The normalized spacial score (nSPS) is 14.0. The molecule has 0 fully saturated rings. The van der Waals surface area contributed by atoms with Gasteiger partial charge in [-0.15, -0.1) is 0 Å². The molecule has 0 bridgehead atoms. The van der Waals surface area contributed by atoms with Gasteiger partial charge < -0.3 is 14.5 Å². The molecule has 1 aromatic heterocycles. The number of rotatable bonds is 5. The highest BCUT2D eigenvalue weighted by Gasteiger charge is 2.18. The second kappa shape index (κ2) is 5.99. The minimum Gasteiger partial charge on any atom is -0.493 e.